The summed E-state index contributed by atoms with van der Waals surface area (Å²) >= 11 is 0. The molecule has 0 unspecified atom stereocenters. The summed E-state index contributed by atoms with van der Waals surface area (Å²) in [5, 5.41) is 0. The van der Waals surface area contributed by atoms with Gasteiger partial charge >= 0.3 is 0 Å². The van der Waals surface area contributed by atoms with Gasteiger partial charge in [-0.2, -0.15) is 0 Å². The van der Waals surface area contributed by atoms with Crippen molar-refractivity contribution >= 4 is 11.8 Å². The molecule has 170 valence electrons. The molecule has 3 aliphatic rings. The zero-order valence-electron chi connectivity index (χ0n) is 18.7. The summed E-state index contributed by atoms with van der Waals surface area (Å²) in [7, 11) is 0. The Kier molecular flexibility index (Phi) is 7.50. The maximum absolute atomic E-state index is 12.7. The molecule has 0 aromatic carbocycles. The van der Waals surface area contributed by atoms with Gasteiger partial charge in [0, 0.05) is 57.8 Å². The third kappa shape index (κ3) is 5.60. The number of hydrogen-bond acceptors (Lipinski definition) is 6. The van der Waals surface area contributed by atoms with Gasteiger partial charge in [-0.05, 0) is 45.6 Å². The molecule has 0 atom stereocenters. The molecule has 2 amide bonds. The second-order valence-electron chi connectivity index (χ2n) is 8.94. The Balaban J connectivity index is 1.24. The number of ether oxygens (including phenoxy) is 1. The van der Waals surface area contributed by atoms with E-state index in [-0.39, 0.29) is 17.7 Å². The fourth-order valence-electron chi connectivity index (χ4n) is 4.81. The van der Waals surface area contributed by atoms with Gasteiger partial charge in [0.2, 0.25) is 5.91 Å². The lowest BCUT2D eigenvalue weighted by Gasteiger charge is -2.32. The first-order valence-electron chi connectivity index (χ1n) is 11.8. The van der Waals surface area contributed by atoms with E-state index < -0.39 is 0 Å². The van der Waals surface area contributed by atoms with Crippen LogP contribution in [0.5, 0.6) is 0 Å². The largest absolute Gasteiger partial charge is 0.379 e. The lowest BCUT2D eigenvalue weighted by Crippen LogP contribution is -2.39. The van der Waals surface area contributed by atoms with Crippen LogP contribution in [0.3, 0.4) is 0 Å². The van der Waals surface area contributed by atoms with Gasteiger partial charge in [-0.1, -0.05) is 0 Å². The van der Waals surface area contributed by atoms with Crippen molar-refractivity contribution in [2.24, 2.45) is 0 Å². The van der Waals surface area contributed by atoms with Crippen molar-refractivity contribution in [2.45, 2.75) is 51.4 Å². The maximum Gasteiger partial charge on any atom is 0.257 e. The van der Waals surface area contributed by atoms with E-state index in [2.05, 4.69) is 14.9 Å². The van der Waals surface area contributed by atoms with E-state index in [1.165, 1.54) is 0 Å². The molecule has 8 heteroatoms. The standard InChI is InChI=1S/C23H35N5O3/c1-18-20(23(30)28-9-2-3-10-28)17-24-22(25-18)19-6-11-27(12-7-19)21(29)5-4-8-26-13-15-31-16-14-26/h17,19H,2-16H2,1H3. The van der Waals surface area contributed by atoms with Crippen molar-refractivity contribution < 1.29 is 14.3 Å². The molecule has 3 fully saturated rings. The topological polar surface area (TPSA) is 78.9 Å². The number of nitrogens with zero attached hydrogens (tertiary/aromatic N) is 5. The zero-order chi connectivity index (χ0) is 21.6. The number of likely N-dealkylation sites (tertiary alicyclic amines) is 2. The van der Waals surface area contributed by atoms with Crippen LogP contribution < -0.4 is 0 Å². The van der Waals surface area contributed by atoms with Gasteiger partial charge in [0.25, 0.3) is 5.91 Å². The predicted molar refractivity (Wildman–Crippen MR) is 117 cm³/mol. The summed E-state index contributed by atoms with van der Waals surface area (Å²) in [5.74, 6) is 1.39. The molecule has 4 rings (SSSR count). The fourth-order valence-corrected chi connectivity index (χ4v) is 4.81. The minimum Gasteiger partial charge on any atom is -0.379 e. The predicted octanol–water partition coefficient (Wildman–Crippen LogP) is 1.84. The molecule has 3 aliphatic heterocycles. The molecule has 31 heavy (non-hydrogen) atoms. The Morgan fingerprint density at radius 1 is 1.03 bits per heavy atom. The van der Waals surface area contributed by atoms with Crippen LogP contribution in [0.1, 0.15) is 66.3 Å². The SMILES string of the molecule is Cc1nc(C2CCN(C(=O)CCCN3CCOCC3)CC2)ncc1C(=O)N1CCCC1. The average Bonchev–Trinajstić information content (AvgIpc) is 3.34. The number of aromatic nitrogens is 2. The van der Waals surface area contributed by atoms with E-state index in [1.807, 2.05) is 16.7 Å². The molecule has 3 saturated heterocycles. The molecule has 0 bridgehead atoms. The van der Waals surface area contributed by atoms with Gasteiger partial charge in [-0.15, -0.1) is 0 Å². The van der Waals surface area contributed by atoms with Crippen molar-refractivity contribution in [3.8, 4) is 0 Å². The molecular formula is C23H35N5O3. The maximum atomic E-state index is 12.7. The summed E-state index contributed by atoms with van der Waals surface area (Å²) in [6.45, 7) is 9.62. The molecule has 4 heterocycles. The van der Waals surface area contributed by atoms with Gasteiger partial charge in [-0.25, -0.2) is 9.97 Å². The second-order valence-corrected chi connectivity index (χ2v) is 8.94. The van der Waals surface area contributed by atoms with Crippen molar-refractivity contribution in [3.63, 3.8) is 0 Å². The highest BCUT2D eigenvalue weighted by Gasteiger charge is 2.27. The number of rotatable bonds is 6. The summed E-state index contributed by atoms with van der Waals surface area (Å²) in [5.41, 5.74) is 1.39. The van der Waals surface area contributed by atoms with Crippen LogP contribution in [0.2, 0.25) is 0 Å². The van der Waals surface area contributed by atoms with Gasteiger partial charge < -0.3 is 14.5 Å². The van der Waals surface area contributed by atoms with Crippen LogP contribution in [0.25, 0.3) is 0 Å². The lowest BCUT2D eigenvalue weighted by atomic mass is 9.95. The van der Waals surface area contributed by atoms with Gasteiger partial charge in [0.05, 0.1) is 24.5 Å². The normalized spacial score (nSPS) is 20.9. The average molecular weight is 430 g/mol. The first-order valence-corrected chi connectivity index (χ1v) is 11.8. The van der Waals surface area contributed by atoms with Crippen LogP contribution in [-0.2, 0) is 9.53 Å². The Morgan fingerprint density at radius 2 is 1.74 bits per heavy atom. The highest BCUT2D eigenvalue weighted by atomic mass is 16.5. The first kappa shape index (κ1) is 22.1. The summed E-state index contributed by atoms with van der Waals surface area (Å²) < 4.78 is 5.37. The number of hydrogen-bond donors (Lipinski definition) is 0. The molecule has 0 N–H and O–H groups in total. The van der Waals surface area contributed by atoms with E-state index in [9.17, 15) is 9.59 Å². The summed E-state index contributed by atoms with van der Waals surface area (Å²) in [6, 6.07) is 0. The molecule has 8 nitrogen and oxygen atoms in total. The monoisotopic (exact) mass is 429 g/mol. The van der Waals surface area contributed by atoms with E-state index in [4.69, 9.17) is 4.74 Å². The zero-order valence-corrected chi connectivity index (χ0v) is 18.7. The number of carbonyl (C=O) groups is 2. The van der Waals surface area contributed by atoms with E-state index in [1.54, 1.807) is 6.20 Å². The Labute approximate surface area is 185 Å². The van der Waals surface area contributed by atoms with Crippen molar-refractivity contribution in [1.82, 2.24) is 24.7 Å². The molecule has 0 spiro atoms. The van der Waals surface area contributed by atoms with Gasteiger partial charge in [0.1, 0.15) is 5.82 Å². The molecular weight excluding hydrogens is 394 g/mol. The van der Waals surface area contributed by atoms with Gasteiger partial charge in [-0.3, -0.25) is 14.5 Å². The van der Waals surface area contributed by atoms with Crippen LogP contribution in [0.15, 0.2) is 6.20 Å². The van der Waals surface area contributed by atoms with E-state index in [0.717, 1.165) is 103 Å². The number of carbonyl (C=O) groups excluding carboxylic acids is 2. The third-order valence-electron chi connectivity index (χ3n) is 6.80. The molecule has 1 aromatic rings. The third-order valence-corrected chi connectivity index (χ3v) is 6.80. The van der Waals surface area contributed by atoms with Crippen molar-refractivity contribution in [2.75, 3.05) is 59.0 Å². The number of aryl methyl sites for hydroxylation is 1. The number of morpholine rings is 1. The van der Waals surface area contributed by atoms with Crippen LogP contribution in [0, 0.1) is 6.92 Å². The van der Waals surface area contributed by atoms with Crippen molar-refractivity contribution in [1.29, 1.82) is 0 Å². The minimum atomic E-state index is 0.0547. The highest BCUT2D eigenvalue weighted by Crippen LogP contribution is 2.27. The second kappa shape index (κ2) is 10.5. The summed E-state index contributed by atoms with van der Waals surface area (Å²) in [6.07, 6.45) is 7.16. The quantitative estimate of drug-likeness (QED) is 0.687. The van der Waals surface area contributed by atoms with E-state index >= 15 is 0 Å². The Bertz CT molecular complexity index is 766. The molecule has 0 saturated carbocycles. The fraction of sp³-hybridized carbons (Fsp3) is 0.739. The van der Waals surface area contributed by atoms with Crippen LogP contribution >= 0.6 is 0 Å². The first-order chi connectivity index (χ1) is 15.1. The number of amides is 2. The Morgan fingerprint density at radius 3 is 2.42 bits per heavy atom. The highest BCUT2D eigenvalue weighted by molar-refractivity contribution is 5.95. The smallest absolute Gasteiger partial charge is 0.257 e. The lowest BCUT2D eigenvalue weighted by molar-refractivity contribution is -0.132. The molecule has 0 aliphatic carbocycles. The van der Waals surface area contributed by atoms with Crippen LogP contribution in [0.4, 0.5) is 0 Å². The molecule has 1 aromatic heterocycles. The summed E-state index contributed by atoms with van der Waals surface area (Å²) in [4.78, 5) is 40.7. The minimum absolute atomic E-state index is 0.0547. The molecule has 0 radical (unpaired) electrons. The number of piperidine rings is 1. The van der Waals surface area contributed by atoms with Crippen molar-refractivity contribution in [3.05, 3.63) is 23.3 Å². The van der Waals surface area contributed by atoms with Gasteiger partial charge in [0.15, 0.2) is 0 Å². The van der Waals surface area contributed by atoms with E-state index in [0.29, 0.717) is 12.0 Å². The Hall–Kier alpha value is -2.06. The van der Waals surface area contributed by atoms with Crippen LogP contribution in [-0.4, -0.2) is 95.5 Å².